The molecule has 0 bridgehead atoms. The number of hydrogen-bond donors (Lipinski definition) is 1. The molecule has 1 saturated heterocycles. The van der Waals surface area contributed by atoms with E-state index in [1.165, 1.54) is 0 Å². The molecular formula is C18H15F5N2O3. The lowest BCUT2D eigenvalue weighted by molar-refractivity contribution is -0.141. The maximum Gasteiger partial charge on any atom is 0.434 e. The fourth-order valence-corrected chi connectivity index (χ4v) is 3.30. The Kier molecular flexibility index (Phi) is 5.28. The Bertz CT molecular complexity index is 875. The molecule has 1 aliphatic carbocycles. The van der Waals surface area contributed by atoms with E-state index in [-0.39, 0.29) is 31.1 Å². The number of nitriles is 1. The van der Waals surface area contributed by atoms with Crippen LogP contribution in [0.2, 0.25) is 0 Å². The first kappa shape index (κ1) is 20.0. The molecule has 0 atom stereocenters. The van der Waals surface area contributed by atoms with Crippen molar-refractivity contribution in [2.75, 3.05) is 6.61 Å². The zero-order valence-electron chi connectivity index (χ0n) is 14.4. The van der Waals surface area contributed by atoms with Crippen LogP contribution in [0.25, 0.3) is 5.57 Å². The zero-order chi connectivity index (χ0) is 20.6. The SMILES string of the molecule is N#CC(=C1CCCO1)c1c(C(F)(F)F)nc(C(F)F)c(C(=O)O)c1CC1CC1. The van der Waals surface area contributed by atoms with Crippen LogP contribution in [0, 0.1) is 17.2 Å². The number of allylic oxidation sites excluding steroid dienone is 2. The van der Waals surface area contributed by atoms with Crippen LogP contribution in [0.4, 0.5) is 22.0 Å². The van der Waals surface area contributed by atoms with Gasteiger partial charge in [-0.2, -0.15) is 18.4 Å². The molecule has 1 saturated carbocycles. The molecule has 0 spiro atoms. The molecule has 0 aromatic carbocycles. The summed E-state index contributed by atoms with van der Waals surface area (Å²) in [5, 5.41) is 19.0. The molecule has 1 aromatic rings. The third kappa shape index (κ3) is 3.79. The maximum atomic E-state index is 13.7. The van der Waals surface area contributed by atoms with E-state index in [9.17, 15) is 37.1 Å². The number of ether oxygens (including phenoxy) is 1. The number of rotatable bonds is 5. The van der Waals surface area contributed by atoms with Gasteiger partial charge in [0.15, 0.2) is 5.69 Å². The number of carboxylic acid groups (broad SMARTS) is 1. The molecule has 2 fully saturated rings. The fraction of sp³-hybridized carbons (Fsp3) is 0.500. The summed E-state index contributed by atoms with van der Waals surface area (Å²) in [5.41, 5.74) is -5.74. The number of halogens is 5. The molecule has 150 valence electrons. The predicted molar refractivity (Wildman–Crippen MR) is 85.3 cm³/mol. The van der Waals surface area contributed by atoms with Gasteiger partial charge in [-0.05, 0) is 37.2 Å². The van der Waals surface area contributed by atoms with E-state index in [1.54, 1.807) is 6.07 Å². The summed E-state index contributed by atoms with van der Waals surface area (Å²) in [6, 6.07) is 1.66. The van der Waals surface area contributed by atoms with Crippen molar-refractivity contribution in [3.8, 4) is 6.07 Å². The van der Waals surface area contributed by atoms with Gasteiger partial charge in [0.1, 0.15) is 17.5 Å². The van der Waals surface area contributed by atoms with Crippen molar-refractivity contribution in [2.45, 2.75) is 44.7 Å². The molecule has 5 nitrogen and oxygen atoms in total. The lowest BCUT2D eigenvalue weighted by atomic mass is 9.88. The van der Waals surface area contributed by atoms with Crippen molar-refractivity contribution in [3.63, 3.8) is 0 Å². The molecule has 1 aliphatic heterocycles. The van der Waals surface area contributed by atoms with Crippen LogP contribution in [-0.2, 0) is 17.3 Å². The van der Waals surface area contributed by atoms with Gasteiger partial charge in [0.25, 0.3) is 6.43 Å². The summed E-state index contributed by atoms with van der Waals surface area (Å²) in [5.74, 6) is -1.93. The molecule has 3 rings (SSSR count). The molecule has 0 unspecified atom stereocenters. The molecule has 28 heavy (non-hydrogen) atoms. The maximum absolute atomic E-state index is 13.7. The van der Waals surface area contributed by atoms with Gasteiger partial charge >= 0.3 is 12.1 Å². The summed E-state index contributed by atoms with van der Waals surface area (Å²) in [4.78, 5) is 14.7. The third-order valence-corrected chi connectivity index (χ3v) is 4.67. The second kappa shape index (κ2) is 7.37. The highest BCUT2D eigenvalue weighted by atomic mass is 19.4. The van der Waals surface area contributed by atoms with E-state index in [4.69, 9.17) is 4.74 Å². The molecule has 2 heterocycles. The molecule has 10 heteroatoms. The Morgan fingerprint density at radius 1 is 1.32 bits per heavy atom. The molecule has 1 aromatic heterocycles. The van der Waals surface area contributed by atoms with Gasteiger partial charge in [0, 0.05) is 12.0 Å². The van der Waals surface area contributed by atoms with Crippen LogP contribution in [0.3, 0.4) is 0 Å². The molecular weight excluding hydrogens is 387 g/mol. The zero-order valence-corrected chi connectivity index (χ0v) is 14.4. The summed E-state index contributed by atoms with van der Waals surface area (Å²) >= 11 is 0. The number of aromatic carboxylic acids is 1. The second-order valence-corrected chi connectivity index (χ2v) is 6.69. The van der Waals surface area contributed by atoms with E-state index >= 15 is 0 Å². The number of pyridine rings is 1. The number of carbonyl (C=O) groups is 1. The van der Waals surface area contributed by atoms with Gasteiger partial charge in [-0.25, -0.2) is 18.6 Å². The van der Waals surface area contributed by atoms with Crippen LogP contribution >= 0.6 is 0 Å². The van der Waals surface area contributed by atoms with Gasteiger partial charge in [-0.1, -0.05) is 0 Å². The minimum Gasteiger partial charge on any atom is -0.497 e. The average Bonchev–Trinajstić information content (AvgIpc) is 3.25. The second-order valence-electron chi connectivity index (χ2n) is 6.69. The van der Waals surface area contributed by atoms with Crippen molar-refractivity contribution in [1.29, 1.82) is 5.26 Å². The van der Waals surface area contributed by atoms with Crippen LogP contribution in [-0.4, -0.2) is 22.7 Å². The number of nitrogens with zero attached hydrogens (tertiary/aromatic N) is 2. The smallest absolute Gasteiger partial charge is 0.434 e. The Balaban J connectivity index is 2.43. The molecule has 1 N–H and O–H groups in total. The highest BCUT2D eigenvalue weighted by Crippen LogP contribution is 2.44. The summed E-state index contributed by atoms with van der Waals surface area (Å²) in [6.07, 6.45) is -6.87. The minimum atomic E-state index is -5.16. The van der Waals surface area contributed by atoms with Crippen molar-refractivity contribution in [2.24, 2.45) is 5.92 Å². The largest absolute Gasteiger partial charge is 0.497 e. The number of carboxylic acids is 1. The number of hydrogen-bond acceptors (Lipinski definition) is 4. The minimum absolute atomic E-state index is 0.00650. The van der Waals surface area contributed by atoms with E-state index < -0.39 is 52.2 Å². The first-order chi connectivity index (χ1) is 13.1. The third-order valence-electron chi connectivity index (χ3n) is 4.67. The van der Waals surface area contributed by atoms with Crippen molar-refractivity contribution >= 4 is 11.5 Å². The molecule has 2 aliphatic rings. The van der Waals surface area contributed by atoms with E-state index in [0.717, 1.165) is 0 Å². The van der Waals surface area contributed by atoms with Crippen LogP contribution in [0.15, 0.2) is 5.76 Å². The van der Waals surface area contributed by atoms with Gasteiger partial charge in [0.05, 0.1) is 17.7 Å². The van der Waals surface area contributed by atoms with Gasteiger partial charge in [-0.3, -0.25) is 0 Å². The first-order valence-corrected chi connectivity index (χ1v) is 8.57. The average molecular weight is 402 g/mol. The fourth-order valence-electron chi connectivity index (χ4n) is 3.30. The first-order valence-electron chi connectivity index (χ1n) is 8.57. The van der Waals surface area contributed by atoms with E-state index in [1.807, 2.05) is 0 Å². The van der Waals surface area contributed by atoms with Crippen molar-refractivity contribution in [1.82, 2.24) is 4.98 Å². The summed E-state index contributed by atoms with van der Waals surface area (Å²) in [6.45, 7) is 0.203. The molecule has 0 radical (unpaired) electrons. The lowest BCUT2D eigenvalue weighted by Gasteiger charge is -2.21. The Labute approximate surface area is 156 Å². The quantitative estimate of drug-likeness (QED) is 0.569. The van der Waals surface area contributed by atoms with E-state index in [0.29, 0.717) is 19.3 Å². The Hall–Kier alpha value is -2.70. The number of aromatic nitrogens is 1. The number of alkyl halides is 5. The van der Waals surface area contributed by atoms with Gasteiger partial charge in [0.2, 0.25) is 0 Å². The van der Waals surface area contributed by atoms with Crippen molar-refractivity contribution < 1.29 is 36.6 Å². The lowest BCUT2D eigenvalue weighted by Crippen LogP contribution is -2.21. The van der Waals surface area contributed by atoms with Crippen LogP contribution in [0.1, 0.15) is 65.0 Å². The standard InChI is InChI=1S/C18H15F5N2O3/c19-16(20)14-13(17(26)27)9(6-8-3-4-8)12(15(25-14)18(21,22)23)10(7-24)11-2-1-5-28-11/h8,16H,1-6H2,(H,26,27). The van der Waals surface area contributed by atoms with Gasteiger partial charge in [-0.15, -0.1) is 0 Å². The predicted octanol–water partition coefficient (Wildman–Crippen LogP) is 4.73. The summed E-state index contributed by atoms with van der Waals surface area (Å²) in [7, 11) is 0. The van der Waals surface area contributed by atoms with E-state index in [2.05, 4.69) is 4.98 Å². The van der Waals surface area contributed by atoms with Crippen LogP contribution in [0.5, 0.6) is 0 Å². The highest BCUT2D eigenvalue weighted by Gasteiger charge is 2.43. The summed E-state index contributed by atoms with van der Waals surface area (Å²) < 4.78 is 73.2. The molecule has 0 amide bonds. The topological polar surface area (TPSA) is 83.2 Å². The van der Waals surface area contributed by atoms with Gasteiger partial charge < -0.3 is 9.84 Å². The highest BCUT2D eigenvalue weighted by molar-refractivity contribution is 5.94. The monoisotopic (exact) mass is 402 g/mol. The Morgan fingerprint density at radius 2 is 2.00 bits per heavy atom. The van der Waals surface area contributed by atoms with Crippen molar-refractivity contribution in [3.05, 3.63) is 33.8 Å². The normalized spacial score (nSPS) is 18.8. The van der Waals surface area contributed by atoms with Crippen LogP contribution < -0.4 is 0 Å². The Morgan fingerprint density at radius 3 is 2.43 bits per heavy atom.